The number of nitrogens with zero attached hydrogens (tertiary/aromatic N) is 2. The molecule has 3 heterocycles. The molecule has 0 saturated carbocycles. The molecule has 1 aromatic rings. The number of thiophene rings is 1. The zero-order chi connectivity index (χ0) is 17.6. The summed E-state index contributed by atoms with van der Waals surface area (Å²) in [7, 11) is 0. The Morgan fingerprint density at radius 2 is 1.96 bits per heavy atom. The van der Waals surface area contributed by atoms with E-state index < -0.39 is 0 Å². The van der Waals surface area contributed by atoms with Crippen LogP contribution in [0.25, 0.3) is 0 Å². The third-order valence-corrected chi connectivity index (χ3v) is 5.68. The molecular weight excluding hydrogens is 340 g/mol. The molecule has 1 aromatic heterocycles. The van der Waals surface area contributed by atoms with Crippen molar-refractivity contribution in [2.24, 2.45) is 0 Å². The summed E-state index contributed by atoms with van der Waals surface area (Å²) in [4.78, 5) is 41.5. The van der Waals surface area contributed by atoms with Crippen molar-refractivity contribution in [2.75, 3.05) is 32.8 Å². The van der Waals surface area contributed by atoms with E-state index >= 15 is 0 Å². The summed E-state index contributed by atoms with van der Waals surface area (Å²) < 4.78 is 5.29. The molecule has 2 aliphatic rings. The molecule has 0 spiro atoms. The SMILES string of the molecule is O=C(CCCC(=O)N1CCC[C@@H]1C(=O)N1CCOCC1)c1cccs1. The summed E-state index contributed by atoms with van der Waals surface area (Å²) in [6.07, 6.45) is 2.83. The number of Topliss-reactive ketones (excluding diaryl/α,β-unsaturated/α-hetero) is 1. The van der Waals surface area contributed by atoms with Gasteiger partial charge in [0.1, 0.15) is 6.04 Å². The molecule has 0 radical (unpaired) electrons. The summed E-state index contributed by atoms with van der Waals surface area (Å²) in [5.74, 6) is 0.122. The van der Waals surface area contributed by atoms with Crippen molar-refractivity contribution >= 4 is 28.9 Å². The summed E-state index contributed by atoms with van der Waals surface area (Å²) in [5, 5.41) is 1.88. The van der Waals surface area contributed by atoms with Crippen LogP contribution in [0.5, 0.6) is 0 Å². The van der Waals surface area contributed by atoms with Crippen LogP contribution in [0.4, 0.5) is 0 Å². The standard InChI is InChI=1S/C18H24N2O4S/c21-15(16-6-3-13-25-16)5-1-7-17(22)20-8-2-4-14(20)18(23)19-9-11-24-12-10-19/h3,6,13-14H,1-2,4-5,7-12H2/t14-/m1/s1. The van der Waals surface area contributed by atoms with Crippen LogP contribution in [0.15, 0.2) is 17.5 Å². The van der Waals surface area contributed by atoms with Gasteiger partial charge in [0, 0.05) is 32.5 Å². The molecule has 2 aliphatic heterocycles. The molecule has 2 amide bonds. The van der Waals surface area contributed by atoms with Gasteiger partial charge in [-0.1, -0.05) is 6.07 Å². The van der Waals surface area contributed by atoms with Crippen molar-refractivity contribution in [2.45, 2.75) is 38.1 Å². The minimum absolute atomic E-state index is 0.0110. The number of hydrogen-bond acceptors (Lipinski definition) is 5. The number of likely N-dealkylation sites (tertiary alicyclic amines) is 1. The molecule has 6 nitrogen and oxygen atoms in total. The monoisotopic (exact) mass is 364 g/mol. The van der Waals surface area contributed by atoms with Gasteiger partial charge in [-0.15, -0.1) is 11.3 Å². The van der Waals surface area contributed by atoms with Crippen LogP contribution in [-0.4, -0.2) is 66.3 Å². The Hall–Kier alpha value is -1.73. The van der Waals surface area contributed by atoms with Gasteiger partial charge in [-0.25, -0.2) is 0 Å². The fraction of sp³-hybridized carbons (Fsp3) is 0.611. The molecule has 0 bridgehead atoms. The van der Waals surface area contributed by atoms with Gasteiger partial charge >= 0.3 is 0 Å². The highest BCUT2D eigenvalue weighted by Gasteiger charge is 2.36. The highest BCUT2D eigenvalue weighted by molar-refractivity contribution is 7.12. The zero-order valence-electron chi connectivity index (χ0n) is 14.3. The molecule has 136 valence electrons. The smallest absolute Gasteiger partial charge is 0.245 e. The van der Waals surface area contributed by atoms with Crippen LogP contribution in [0.1, 0.15) is 41.8 Å². The van der Waals surface area contributed by atoms with Crippen molar-refractivity contribution in [3.8, 4) is 0 Å². The summed E-state index contributed by atoms with van der Waals surface area (Å²) in [5.41, 5.74) is 0. The normalized spacial score (nSPS) is 20.7. The van der Waals surface area contributed by atoms with Crippen LogP contribution < -0.4 is 0 Å². The predicted octanol–water partition coefficient (Wildman–Crippen LogP) is 1.95. The van der Waals surface area contributed by atoms with E-state index in [1.54, 1.807) is 9.80 Å². The van der Waals surface area contributed by atoms with E-state index in [0.717, 1.165) is 17.7 Å². The molecule has 0 aliphatic carbocycles. The first kappa shape index (κ1) is 18.1. The lowest BCUT2D eigenvalue weighted by Crippen LogP contribution is -2.51. The lowest BCUT2D eigenvalue weighted by Gasteiger charge is -2.32. The number of morpholine rings is 1. The Labute approximate surface area is 151 Å². The predicted molar refractivity (Wildman–Crippen MR) is 94.6 cm³/mol. The second-order valence-electron chi connectivity index (χ2n) is 6.44. The minimum atomic E-state index is -0.335. The van der Waals surface area contributed by atoms with E-state index in [0.29, 0.717) is 52.1 Å². The quantitative estimate of drug-likeness (QED) is 0.724. The number of ether oxygens (including phenoxy) is 1. The lowest BCUT2D eigenvalue weighted by molar-refractivity contribution is -0.146. The van der Waals surface area contributed by atoms with Crippen LogP contribution in [0, 0.1) is 0 Å². The summed E-state index contributed by atoms with van der Waals surface area (Å²) in [6.45, 7) is 2.98. The van der Waals surface area contributed by atoms with Crippen molar-refractivity contribution < 1.29 is 19.1 Å². The van der Waals surface area contributed by atoms with Crippen LogP contribution >= 0.6 is 11.3 Å². The van der Waals surface area contributed by atoms with Crippen LogP contribution in [0.3, 0.4) is 0 Å². The molecule has 2 fully saturated rings. The second-order valence-corrected chi connectivity index (χ2v) is 7.38. The fourth-order valence-electron chi connectivity index (χ4n) is 3.42. The first-order chi connectivity index (χ1) is 12.2. The van der Waals surface area contributed by atoms with Crippen molar-refractivity contribution in [3.63, 3.8) is 0 Å². The average molecular weight is 364 g/mol. The first-order valence-electron chi connectivity index (χ1n) is 8.89. The Balaban J connectivity index is 1.48. The van der Waals surface area contributed by atoms with Crippen molar-refractivity contribution in [1.82, 2.24) is 9.80 Å². The van der Waals surface area contributed by atoms with Gasteiger partial charge in [-0.2, -0.15) is 0 Å². The molecule has 7 heteroatoms. The van der Waals surface area contributed by atoms with Crippen LogP contribution in [-0.2, 0) is 14.3 Å². The highest BCUT2D eigenvalue weighted by atomic mass is 32.1. The number of carbonyl (C=O) groups excluding carboxylic acids is 3. The summed E-state index contributed by atoms with van der Waals surface area (Å²) >= 11 is 1.43. The molecule has 2 saturated heterocycles. The fourth-order valence-corrected chi connectivity index (χ4v) is 4.12. The first-order valence-corrected chi connectivity index (χ1v) is 9.77. The highest BCUT2D eigenvalue weighted by Crippen LogP contribution is 2.22. The zero-order valence-corrected chi connectivity index (χ0v) is 15.1. The van der Waals surface area contributed by atoms with E-state index in [1.165, 1.54) is 11.3 Å². The molecule has 3 rings (SSSR count). The van der Waals surface area contributed by atoms with Gasteiger partial charge in [-0.3, -0.25) is 14.4 Å². The van der Waals surface area contributed by atoms with E-state index in [4.69, 9.17) is 4.74 Å². The lowest BCUT2D eigenvalue weighted by atomic mass is 10.1. The Kier molecular flexibility index (Phi) is 6.20. The Morgan fingerprint density at radius 1 is 1.16 bits per heavy atom. The third kappa shape index (κ3) is 4.46. The topological polar surface area (TPSA) is 66.9 Å². The molecule has 0 unspecified atom stereocenters. The molecule has 25 heavy (non-hydrogen) atoms. The van der Waals surface area contributed by atoms with Crippen molar-refractivity contribution in [1.29, 1.82) is 0 Å². The Morgan fingerprint density at radius 3 is 2.68 bits per heavy atom. The van der Waals surface area contributed by atoms with Gasteiger partial charge in [0.05, 0.1) is 18.1 Å². The third-order valence-electron chi connectivity index (χ3n) is 4.77. The minimum Gasteiger partial charge on any atom is -0.378 e. The Bertz CT molecular complexity index is 611. The van der Waals surface area contributed by atoms with Gasteiger partial charge in [-0.05, 0) is 30.7 Å². The van der Waals surface area contributed by atoms with E-state index in [9.17, 15) is 14.4 Å². The second kappa shape index (κ2) is 8.58. The van der Waals surface area contributed by atoms with Gasteiger partial charge in [0.15, 0.2) is 5.78 Å². The maximum absolute atomic E-state index is 12.7. The number of amides is 2. The average Bonchev–Trinajstić information content (AvgIpc) is 3.33. The number of ketones is 1. The van der Waals surface area contributed by atoms with E-state index in [-0.39, 0.29) is 23.6 Å². The maximum atomic E-state index is 12.7. The summed E-state index contributed by atoms with van der Waals surface area (Å²) in [6, 6.07) is 3.33. The molecule has 0 N–H and O–H groups in total. The van der Waals surface area contributed by atoms with Crippen LogP contribution in [0.2, 0.25) is 0 Å². The maximum Gasteiger partial charge on any atom is 0.245 e. The van der Waals surface area contributed by atoms with Crippen molar-refractivity contribution in [3.05, 3.63) is 22.4 Å². The molecule has 1 atom stereocenters. The largest absolute Gasteiger partial charge is 0.378 e. The van der Waals surface area contributed by atoms with Gasteiger partial charge in [0.25, 0.3) is 0 Å². The van der Waals surface area contributed by atoms with Gasteiger partial charge < -0.3 is 14.5 Å². The van der Waals surface area contributed by atoms with Gasteiger partial charge in [0.2, 0.25) is 11.8 Å². The number of rotatable bonds is 6. The van der Waals surface area contributed by atoms with E-state index in [1.807, 2.05) is 17.5 Å². The molecule has 0 aromatic carbocycles. The number of carbonyl (C=O) groups is 3. The van der Waals surface area contributed by atoms with E-state index in [2.05, 4.69) is 0 Å². The molecular formula is C18H24N2O4S. The number of hydrogen-bond donors (Lipinski definition) is 0.